The minimum absolute atomic E-state index is 0.609. The normalized spacial score (nSPS) is 10.3. The van der Waals surface area contributed by atoms with Crippen molar-refractivity contribution in [3.8, 4) is 10.6 Å². The van der Waals surface area contributed by atoms with Gasteiger partial charge in [-0.05, 0) is 18.2 Å². The summed E-state index contributed by atoms with van der Waals surface area (Å²) in [5.41, 5.74) is 2.57. The van der Waals surface area contributed by atoms with Crippen LogP contribution in [0.15, 0.2) is 23.7 Å². The van der Waals surface area contributed by atoms with E-state index in [4.69, 9.17) is 23.2 Å². The average Bonchev–Trinajstić information content (AvgIpc) is 2.53. The van der Waals surface area contributed by atoms with Crippen LogP contribution in [0.4, 0.5) is 0 Å². The highest BCUT2D eigenvalue weighted by Crippen LogP contribution is 2.27. The number of nitrogens with zero attached hydrogens (tertiary/aromatic N) is 2. The van der Waals surface area contributed by atoms with Crippen molar-refractivity contribution in [1.82, 2.24) is 10.2 Å². The van der Waals surface area contributed by atoms with Gasteiger partial charge in [-0.3, -0.25) is 0 Å². The molecule has 0 radical (unpaired) electrons. The van der Waals surface area contributed by atoms with E-state index < -0.39 is 0 Å². The molecule has 0 aliphatic carbocycles. The average molecular weight is 231 g/mol. The van der Waals surface area contributed by atoms with Crippen molar-refractivity contribution in [3.05, 3.63) is 33.8 Å². The van der Waals surface area contributed by atoms with Crippen LogP contribution in [0.25, 0.3) is 10.6 Å². The van der Waals surface area contributed by atoms with Crippen molar-refractivity contribution in [2.24, 2.45) is 0 Å². The Bertz CT molecular complexity index is 394. The van der Waals surface area contributed by atoms with E-state index in [9.17, 15) is 0 Å². The predicted molar refractivity (Wildman–Crippen MR) is 55.4 cm³/mol. The minimum Gasteiger partial charge on any atom is -0.147 e. The summed E-state index contributed by atoms with van der Waals surface area (Å²) in [7, 11) is 0. The summed E-state index contributed by atoms with van der Waals surface area (Å²) in [4.78, 5) is 0. The van der Waals surface area contributed by atoms with E-state index in [1.54, 1.807) is 11.6 Å². The topological polar surface area (TPSA) is 25.8 Å². The lowest BCUT2D eigenvalue weighted by molar-refractivity contribution is 1.10. The van der Waals surface area contributed by atoms with Gasteiger partial charge >= 0.3 is 0 Å². The molecule has 0 aliphatic rings. The molecule has 1 aromatic carbocycles. The molecule has 0 atom stereocenters. The molecule has 0 fully saturated rings. The van der Waals surface area contributed by atoms with Crippen molar-refractivity contribution in [3.63, 3.8) is 0 Å². The highest BCUT2D eigenvalue weighted by molar-refractivity contribution is 7.12. The first-order valence-corrected chi connectivity index (χ1v) is 5.12. The van der Waals surface area contributed by atoms with Crippen LogP contribution >= 0.6 is 34.5 Å². The molecule has 0 aliphatic heterocycles. The third-order valence-corrected chi connectivity index (χ3v) is 2.65. The van der Waals surface area contributed by atoms with Crippen LogP contribution < -0.4 is 0 Å². The summed E-state index contributed by atoms with van der Waals surface area (Å²) in [5, 5.41) is 9.70. The summed E-state index contributed by atoms with van der Waals surface area (Å²) in [6.45, 7) is 0. The van der Waals surface area contributed by atoms with Crippen LogP contribution in [-0.4, -0.2) is 10.2 Å². The Kier molecular flexibility index (Phi) is 2.49. The van der Waals surface area contributed by atoms with Gasteiger partial charge in [-0.25, -0.2) is 0 Å². The van der Waals surface area contributed by atoms with Crippen LogP contribution in [0.1, 0.15) is 0 Å². The standard InChI is InChI=1S/C8H4Cl2N2S/c9-6-1-5(2-7(10)3-6)8-12-11-4-13-8/h1-4H. The van der Waals surface area contributed by atoms with Gasteiger partial charge in [0.15, 0.2) is 0 Å². The maximum Gasteiger partial charge on any atom is 0.147 e. The lowest BCUT2D eigenvalue weighted by Gasteiger charge is -1.97. The van der Waals surface area contributed by atoms with Crippen LogP contribution in [-0.2, 0) is 0 Å². The van der Waals surface area contributed by atoms with Crippen LogP contribution in [0.2, 0.25) is 10.0 Å². The molecule has 0 spiro atoms. The fourth-order valence-corrected chi connectivity index (χ4v) is 2.04. The highest BCUT2D eigenvalue weighted by atomic mass is 35.5. The molecule has 0 saturated carbocycles. The number of rotatable bonds is 1. The maximum absolute atomic E-state index is 5.84. The Morgan fingerprint density at radius 3 is 2.31 bits per heavy atom. The molecule has 0 saturated heterocycles. The van der Waals surface area contributed by atoms with Gasteiger partial charge in [-0.15, -0.1) is 10.2 Å². The molecule has 0 unspecified atom stereocenters. The van der Waals surface area contributed by atoms with Crippen molar-refractivity contribution in [1.29, 1.82) is 0 Å². The smallest absolute Gasteiger partial charge is 0.147 e. The quantitative estimate of drug-likeness (QED) is 0.750. The Morgan fingerprint density at radius 2 is 1.77 bits per heavy atom. The van der Waals surface area contributed by atoms with E-state index >= 15 is 0 Å². The minimum atomic E-state index is 0.609. The van der Waals surface area contributed by atoms with Crippen LogP contribution in [0, 0.1) is 0 Å². The number of halogens is 2. The first-order valence-electron chi connectivity index (χ1n) is 3.48. The molecule has 1 heterocycles. The summed E-state index contributed by atoms with van der Waals surface area (Å²) in [6.07, 6.45) is 0. The van der Waals surface area contributed by atoms with E-state index in [-0.39, 0.29) is 0 Å². The van der Waals surface area contributed by atoms with Crippen LogP contribution in [0.3, 0.4) is 0 Å². The molecule has 2 rings (SSSR count). The monoisotopic (exact) mass is 230 g/mol. The predicted octanol–water partition coefficient (Wildman–Crippen LogP) is 3.51. The molecule has 2 nitrogen and oxygen atoms in total. The fraction of sp³-hybridized carbons (Fsp3) is 0. The molecule has 2 aromatic rings. The summed E-state index contributed by atoms with van der Waals surface area (Å²) in [5.74, 6) is 0. The van der Waals surface area contributed by atoms with Crippen LogP contribution in [0.5, 0.6) is 0 Å². The lowest BCUT2D eigenvalue weighted by Crippen LogP contribution is -1.77. The van der Waals surface area contributed by atoms with Crippen molar-refractivity contribution in [2.75, 3.05) is 0 Å². The molecule has 5 heteroatoms. The molecular weight excluding hydrogens is 227 g/mol. The zero-order valence-electron chi connectivity index (χ0n) is 6.37. The largest absolute Gasteiger partial charge is 0.147 e. The second-order valence-corrected chi connectivity index (χ2v) is 4.11. The highest BCUT2D eigenvalue weighted by Gasteiger charge is 2.03. The summed E-state index contributed by atoms with van der Waals surface area (Å²) in [6, 6.07) is 5.32. The molecule has 13 heavy (non-hydrogen) atoms. The number of aromatic nitrogens is 2. The van der Waals surface area contributed by atoms with E-state index in [0.717, 1.165) is 10.6 Å². The van der Waals surface area contributed by atoms with Gasteiger partial charge in [0.2, 0.25) is 0 Å². The molecule has 0 amide bonds. The zero-order valence-corrected chi connectivity index (χ0v) is 8.70. The fourth-order valence-electron chi connectivity index (χ4n) is 0.976. The first kappa shape index (κ1) is 8.94. The lowest BCUT2D eigenvalue weighted by atomic mass is 10.2. The Hall–Kier alpha value is -0.640. The first-order chi connectivity index (χ1) is 6.25. The maximum atomic E-state index is 5.84. The van der Waals surface area contributed by atoms with Crippen molar-refractivity contribution >= 4 is 34.5 Å². The van der Waals surface area contributed by atoms with Gasteiger partial charge in [-0.1, -0.05) is 34.5 Å². The molecule has 0 N–H and O–H groups in total. The number of hydrogen-bond donors (Lipinski definition) is 0. The number of hydrogen-bond acceptors (Lipinski definition) is 3. The third-order valence-electron chi connectivity index (χ3n) is 1.47. The molecule has 66 valence electrons. The van der Waals surface area contributed by atoms with Gasteiger partial charge in [0, 0.05) is 15.6 Å². The summed E-state index contributed by atoms with van der Waals surface area (Å²) < 4.78 is 0. The van der Waals surface area contributed by atoms with Gasteiger partial charge in [0.05, 0.1) is 0 Å². The van der Waals surface area contributed by atoms with Gasteiger partial charge in [-0.2, -0.15) is 0 Å². The molecule has 0 bridgehead atoms. The van der Waals surface area contributed by atoms with E-state index in [1.807, 2.05) is 12.1 Å². The van der Waals surface area contributed by atoms with Gasteiger partial charge in [0.1, 0.15) is 10.5 Å². The Labute approximate surface area is 89.1 Å². The van der Waals surface area contributed by atoms with Crippen molar-refractivity contribution < 1.29 is 0 Å². The molecule has 1 aromatic heterocycles. The van der Waals surface area contributed by atoms with Crippen molar-refractivity contribution in [2.45, 2.75) is 0 Å². The Morgan fingerprint density at radius 1 is 1.08 bits per heavy atom. The Balaban J connectivity index is 2.53. The SMILES string of the molecule is Clc1cc(Cl)cc(-c2nncs2)c1. The third kappa shape index (κ3) is 1.99. The van der Waals surface area contributed by atoms with E-state index in [2.05, 4.69) is 10.2 Å². The zero-order chi connectivity index (χ0) is 9.26. The van der Waals surface area contributed by atoms with E-state index in [1.165, 1.54) is 11.3 Å². The van der Waals surface area contributed by atoms with Gasteiger partial charge in [0.25, 0.3) is 0 Å². The number of benzene rings is 1. The second-order valence-electron chi connectivity index (χ2n) is 2.40. The second kappa shape index (κ2) is 3.62. The summed E-state index contributed by atoms with van der Waals surface area (Å²) >= 11 is 13.1. The van der Waals surface area contributed by atoms with E-state index in [0.29, 0.717) is 10.0 Å². The van der Waals surface area contributed by atoms with Gasteiger partial charge < -0.3 is 0 Å². The molecular formula is C8H4Cl2N2S.